The van der Waals surface area contributed by atoms with E-state index < -0.39 is 11.5 Å². The normalized spacial score (nSPS) is 11.1. The molecule has 3 aromatic rings. The van der Waals surface area contributed by atoms with Crippen LogP contribution in [0, 0.1) is 12.8 Å². The van der Waals surface area contributed by atoms with Crippen LogP contribution >= 0.6 is 0 Å². The average molecular weight is 350 g/mol. The molecule has 0 aliphatic heterocycles. The number of benzene rings is 2. The van der Waals surface area contributed by atoms with Crippen LogP contribution in [0.1, 0.15) is 29.8 Å². The molecule has 0 aliphatic carbocycles. The predicted molar refractivity (Wildman–Crippen MR) is 104 cm³/mol. The van der Waals surface area contributed by atoms with Gasteiger partial charge in [-0.25, -0.2) is 0 Å². The minimum Gasteiger partial charge on any atom is -0.506 e. The summed E-state index contributed by atoms with van der Waals surface area (Å²) in [6.45, 7) is 6.41. The molecule has 0 aliphatic rings. The molecule has 5 heteroatoms. The lowest BCUT2D eigenvalue weighted by molar-refractivity contribution is 0.102. The molecular weight excluding hydrogens is 328 g/mol. The summed E-state index contributed by atoms with van der Waals surface area (Å²) in [4.78, 5) is 25.7. The highest BCUT2D eigenvalue weighted by molar-refractivity contribution is 6.09. The van der Waals surface area contributed by atoms with E-state index >= 15 is 0 Å². The van der Waals surface area contributed by atoms with Gasteiger partial charge in [0, 0.05) is 17.6 Å². The number of rotatable bonds is 4. The van der Waals surface area contributed by atoms with Crippen LogP contribution in [-0.2, 0) is 6.54 Å². The van der Waals surface area contributed by atoms with Crippen LogP contribution in [0.2, 0.25) is 0 Å². The lowest BCUT2D eigenvalue weighted by atomic mass is 10.1. The molecule has 5 nitrogen and oxygen atoms in total. The Kier molecular flexibility index (Phi) is 4.80. The predicted octanol–water partition coefficient (Wildman–Crippen LogP) is 3.92. The van der Waals surface area contributed by atoms with Crippen molar-refractivity contribution in [2.75, 3.05) is 5.32 Å². The number of anilines is 1. The minimum atomic E-state index is -0.611. The van der Waals surface area contributed by atoms with Crippen molar-refractivity contribution in [1.82, 2.24) is 4.57 Å². The van der Waals surface area contributed by atoms with Gasteiger partial charge in [0.25, 0.3) is 11.5 Å². The number of aromatic hydroxyl groups is 1. The van der Waals surface area contributed by atoms with E-state index in [0.717, 1.165) is 5.56 Å². The SMILES string of the molecule is Cc1ccc(NC(=O)c2c(O)c3ccccc3n(CC(C)C)c2=O)cc1. The number of amides is 1. The van der Waals surface area contributed by atoms with Crippen LogP contribution < -0.4 is 10.9 Å². The Morgan fingerprint density at radius 3 is 2.42 bits per heavy atom. The van der Waals surface area contributed by atoms with Gasteiger partial charge < -0.3 is 15.0 Å². The van der Waals surface area contributed by atoms with Crippen molar-refractivity contribution >= 4 is 22.5 Å². The molecule has 0 atom stereocenters. The number of carbonyl (C=O) groups is 1. The molecule has 0 radical (unpaired) electrons. The maximum atomic E-state index is 13.0. The van der Waals surface area contributed by atoms with Gasteiger partial charge in [0.15, 0.2) is 0 Å². The first-order valence-corrected chi connectivity index (χ1v) is 8.61. The van der Waals surface area contributed by atoms with Gasteiger partial charge in [-0.1, -0.05) is 43.7 Å². The molecule has 0 saturated carbocycles. The average Bonchev–Trinajstić information content (AvgIpc) is 2.60. The van der Waals surface area contributed by atoms with Crippen LogP contribution in [0.25, 0.3) is 10.9 Å². The molecule has 0 fully saturated rings. The molecule has 2 aromatic carbocycles. The van der Waals surface area contributed by atoms with E-state index in [2.05, 4.69) is 5.32 Å². The summed E-state index contributed by atoms with van der Waals surface area (Å²) >= 11 is 0. The lowest BCUT2D eigenvalue weighted by Gasteiger charge is -2.16. The Labute approximate surface area is 151 Å². The van der Waals surface area contributed by atoms with Gasteiger partial charge in [-0.3, -0.25) is 9.59 Å². The van der Waals surface area contributed by atoms with E-state index in [1.54, 1.807) is 34.9 Å². The number of fused-ring (bicyclic) bond motifs is 1. The highest BCUT2D eigenvalue weighted by Gasteiger charge is 2.22. The first kappa shape index (κ1) is 17.7. The van der Waals surface area contributed by atoms with Gasteiger partial charge >= 0.3 is 0 Å². The lowest BCUT2D eigenvalue weighted by Crippen LogP contribution is -2.31. The van der Waals surface area contributed by atoms with Gasteiger partial charge in [0.2, 0.25) is 0 Å². The van der Waals surface area contributed by atoms with E-state index in [-0.39, 0.29) is 17.2 Å². The first-order valence-electron chi connectivity index (χ1n) is 8.61. The zero-order valence-corrected chi connectivity index (χ0v) is 15.1. The maximum absolute atomic E-state index is 13.0. The largest absolute Gasteiger partial charge is 0.506 e. The van der Waals surface area contributed by atoms with Gasteiger partial charge in [0.1, 0.15) is 11.3 Å². The van der Waals surface area contributed by atoms with Crippen molar-refractivity contribution in [2.24, 2.45) is 5.92 Å². The second-order valence-electron chi connectivity index (χ2n) is 6.87. The first-order chi connectivity index (χ1) is 12.4. The quantitative estimate of drug-likeness (QED) is 0.749. The van der Waals surface area contributed by atoms with Crippen molar-refractivity contribution in [3.8, 4) is 5.75 Å². The molecule has 0 unspecified atom stereocenters. The van der Waals surface area contributed by atoms with Crippen molar-refractivity contribution in [3.05, 3.63) is 70.0 Å². The summed E-state index contributed by atoms with van der Waals surface area (Å²) < 4.78 is 1.56. The zero-order chi connectivity index (χ0) is 18.8. The standard InChI is InChI=1S/C21H22N2O3/c1-13(2)12-23-17-7-5-4-6-16(17)19(24)18(21(23)26)20(25)22-15-10-8-14(3)9-11-15/h4-11,13,24H,12H2,1-3H3,(H,22,25). The Hall–Kier alpha value is -3.08. The third kappa shape index (κ3) is 3.33. The molecule has 134 valence electrons. The summed E-state index contributed by atoms with van der Waals surface area (Å²) in [5.41, 5.74) is 1.54. The van der Waals surface area contributed by atoms with Crippen molar-refractivity contribution in [2.45, 2.75) is 27.3 Å². The molecule has 0 bridgehead atoms. The Bertz CT molecular complexity index is 1020. The number of pyridine rings is 1. The molecular formula is C21H22N2O3. The Morgan fingerprint density at radius 2 is 1.77 bits per heavy atom. The fourth-order valence-corrected chi connectivity index (χ4v) is 2.97. The topological polar surface area (TPSA) is 71.3 Å². The van der Waals surface area contributed by atoms with Crippen LogP contribution in [0.15, 0.2) is 53.3 Å². The number of carbonyl (C=O) groups excluding carboxylic acids is 1. The third-order valence-corrected chi connectivity index (χ3v) is 4.23. The third-order valence-electron chi connectivity index (χ3n) is 4.23. The molecule has 3 rings (SSSR count). The van der Waals surface area contributed by atoms with E-state index in [1.165, 1.54) is 0 Å². The fraction of sp³-hybridized carbons (Fsp3) is 0.238. The van der Waals surface area contributed by atoms with Crippen molar-refractivity contribution in [3.63, 3.8) is 0 Å². The number of para-hydroxylation sites is 1. The number of aryl methyl sites for hydroxylation is 1. The van der Waals surface area contributed by atoms with E-state index in [4.69, 9.17) is 0 Å². The monoisotopic (exact) mass is 350 g/mol. The molecule has 26 heavy (non-hydrogen) atoms. The Morgan fingerprint density at radius 1 is 1.12 bits per heavy atom. The molecule has 1 aromatic heterocycles. The number of hydrogen-bond acceptors (Lipinski definition) is 3. The summed E-state index contributed by atoms with van der Waals surface area (Å²) in [5, 5.41) is 13.8. The summed E-state index contributed by atoms with van der Waals surface area (Å²) in [6, 6.07) is 14.3. The van der Waals surface area contributed by atoms with Crippen LogP contribution in [0.5, 0.6) is 5.75 Å². The Balaban J connectivity index is 2.14. The molecule has 1 heterocycles. The summed E-state index contributed by atoms with van der Waals surface area (Å²) in [7, 11) is 0. The zero-order valence-electron chi connectivity index (χ0n) is 15.1. The van der Waals surface area contributed by atoms with Crippen LogP contribution in [0.4, 0.5) is 5.69 Å². The smallest absolute Gasteiger partial charge is 0.267 e. The summed E-state index contributed by atoms with van der Waals surface area (Å²) in [6.07, 6.45) is 0. The number of nitrogens with one attached hydrogen (secondary N) is 1. The number of hydrogen-bond donors (Lipinski definition) is 2. The van der Waals surface area contributed by atoms with E-state index in [9.17, 15) is 14.7 Å². The van der Waals surface area contributed by atoms with Crippen molar-refractivity contribution in [1.29, 1.82) is 0 Å². The maximum Gasteiger partial charge on any atom is 0.267 e. The van der Waals surface area contributed by atoms with Gasteiger partial charge in [0.05, 0.1) is 5.52 Å². The molecule has 1 amide bonds. The van der Waals surface area contributed by atoms with Gasteiger partial charge in [-0.2, -0.15) is 0 Å². The van der Waals surface area contributed by atoms with Gasteiger partial charge in [-0.15, -0.1) is 0 Å². The molecule has 0 saturated heterocycles. The van der Waals surface area contributed by atoms with Crippen LogP contribution in [-0.4, -0.2) is 15.6 Å². The molecule has 0 spiro atoms. The fourth-order valence-electron chi connectivity index (χ4n) is 2.97. The van der Waals surface area contributed by atoms with Crippen LogP contribution in [0.3, 0.4) is 0 Å². The van der Waals surface area contributed by atoms with E-state index in [0.29, 0.717) is 23.1 Å². The molecule has 2 N–H and O–H groups in total. The highest BCUT2D eigenvalue weighted by atomic mass is 16.3. The summed E-state index contributed by atoms with van der Waals surface area (Å²) in [5.74, 6) is -0.677. The minimum absolute atomic E-state index is 0.216. The number of aromatic nitrogens is 1. The second-order valence-corrected chi connectivity index (χ2v) is 6.87. The second kappa shape index (κ2) is 7.04. The highest BCUT2D eigenvalue weighted by Crippen LogP contribution is 2.27. The van der Waals surface area contributed by atoms with Gasteiger partial charge in [-0.05, 0) is 37.1 Å². The number of nitrogens with zero attached hydrogens (tertiary/aromatic N) is 1. The van der Waals surface area contributed by atoms with E-state index in [1.807, 2.05) is 39.0 Å². The van der Waals surface area contributed by atoms with Crippen molar-refractivity contribution < 1.29 is 9.90 Å².